The van der Waals surface area contributed by atoms with E-state index in [1.54, 1.807) is 0 Å². The molecular formula is C11H15Cl2NO3S2. The maximum atomic E-state index is 12.2. The average molecular weight is 344 g/mol. The largest absolute Gasteiger partial charge is 0.396 e. The predicted octanol–water partition coefficient (Wildman–Crippen LogP) is 2.88. The molecule has 1 heterocycles. The summed E-state index contributed by atoms with van der Waals surface area (Å²) in [5.74, 6) is 0.292. The zero-order valence-electron chi connectivity index (χ0n) is 10.1. The van der Waals surface area contributed by atoms with Crippen LogP contribution >= 0.6 is 34.5 Å². The molecule has 0 amide bonds. The minimum Gasteiger partial charge on any atom is -0.396 e. The SMILES string of the molecule is O=S(=O)(NC1CCC(CO)CC1)c1cc(Cl)sc1Cl. The van der Waals surface area contributed by atoms with Crippen LogP contribution in [-0.2, 0) is 10.0 Å². The molecule has 2 rings (SSSR count). The van der Waals surface area contributed by atoms with Gasteiger partial charge in [0.25, 0.3) is 0 Å². The number of thiophene rings is 1. The van der Waals surface area contributed by atoms with Gasteiger partial charge in [0, 0.05) is 12.6 Å². The summed E-state index contributed by atoms with van der Waals surface area (Å²) in [4.78, 5) is 0.0495. The van der Waals surface area contributed by atoms with Crippen LogP contribution in [0.15, 0.2) is 11.0 Å². The molecule has 1 aromatic rings. The highest BCUT2D eigenvalue weighted by Crippen LogP contribution is 2.34. The first-order valence-corrected chi connectivity index (χ1v) is 9.06. The summed E-state index contributed by atoms with van der Waals surface area (Å²) in [5, 5.41) is 9.06. The van der Waals surface area contributed by atoms with Gasteiger partial charge in [0.05, 0.1) is 4.34 Å². The van der Waals surface area contributed by atoms with Crippen LogP contribution in [0.25, 0.3) is 0 Å². The number of aliphatic hydroxyl groups excluding tert-OH is 1. The molecule has 0 bridgehead atoms. The minimum atomic E-state index is -3.61. The lowest BCUT2D eigenvalue weighted by atomic mass is 9.87. The van der Waals surface area contributed by atoms with E-state index < -0.39 is 10.0 Å². The first-order chi connectivity index (χ1) is 8.92. The second-order valence-electron chi connectivity index (χ2n) is 4.71. The third-order valence-corrected chi connectivity index (χ3v) is 6.62. The lowest BCUT2D eigenvalue weighted by Gasteiger charge is -2.27. The molecule has 1 aliphatic rings. The van der Waals surface area contributed by atoms with Crippen LogP contribution in [0.5, 0.6) is 0 Å². The summed E-state index contributed by atoms with van der Waals surface area (Å²) in [5.41, 5.74) is 0. The van der Waals surface area contributed by atoms with E-state index in [0.29, 0.717) is 10.3 Å². The quantitative estimate of drug-likeness (QED) is 0.883. The number of hydrogen-bond donors (Lipinski definition) is 2. The predicted molar refractivity (Wildman–Crippen MR) is 77.5 cm³/mol. The second-order valence-corrected chi connectivity index (χ2v) is 8.68. The van der Waals surface area contributed by atoms with Crippen molar-refractivity contribution in [2.75, 3.05) is 6.61 Å². The van der Waals surface area contributed by atoms with E-state index in [2.05, 4.69) is 4.72 Å². The number of rotatable bonds is 4. The Bertz CT molecular complexity index is 536. The van der Waals surface area contributed by atoms with E-state index >= 15 is 0 Å². The number of aliphatic hydroxyl groups is 1. The van der Waals surface area contributed by atoms with E-state index in [1.807, 2.05) is 0 Å². The summed E-state index contributed by atoms with van der Waals surface area (Å²) in [7, 11) is -3.61. The number of nitrogens with one attached hydrogen (secondary N) is 1. The van der Waals surface area contributed by atoms with Gasteiger partial charge in [-0.15, -0.1) is 11.3 Å². The van der Waals surface area contributed by atoms with Gasteiger partial charge < -0.3 is 5.11 Å². The van der Waals surface area contributed by atoms with E-state index in [1.165, 1.54) is 6.07 Å². The minimum absolute atomic E-state index is 0.0495. The first kappa shape index (κ1) is 15.5. The van der Waals surface area contributed by atoms with Gasteiger partial charge in [0.1, 0.15) is 9.23 Å². The fourth-order valence-electron chi connectivity index (χ4n) is 2.25. The van der Waals surface area contributed by atoms with Crippen LogP contribution in [0.2, 0.25) is 8.67 Å². The normalized spacial score (nSPS) is 24.6. The van der Waals surface area contributed by atoms with Crippen molar-refractivity contribution in [1.29, 1.82) is 0 Å². The molecule has 0 unspecified atom stereocenters. The summed E-state index contributed by atoms with van der Waals surface area (Å²) >= 11 is 12.7. The molecule has 1 aromatic heterocycles. The van der Waals surface area contributed by atoms with Crippen molar-refractivity contribution in [2.24, 2.45) is 5.92 Å². The molecule has 1 fully saturated rings. The monoisotopic (exact) mass is 343 g/mol. The fourth-order valence-corrected chi connectivity index (χ4v) is 5.71. The van der Waals surface area contributed by atoms with E-state index in [9.17, 15) is 8.42 Å². The van der Waals surface area contributed by atoms with E-state index in [4.69, 9.17) is 28.3 Å². The second kappa shape index (κ2) is 6.28. The Morgan fingerprint density at radius 3 is 2.42 bits per heavy atom. The molecule has 1 saturated carbocycles. The Kier molecular flexibility index (Phi) is 5.14. The Hall–Kier alpha value is 0.150. The Balaban J connectivity index is 2.04. The molecule has 0 radical (unpaired) electrons. The molecule has 19 heavy (non-hydrogen) atoms. The molecule has 108 valence electrons. The van der Waals surface area contributed by atoms with Crippen LogP contribution < -0.4 is 4.72 Å². The highest BCUT2D eigenvalue weighted by molar-refractivity contribution is 7.89. The smallest absolute Gasteiger partial charge is 0.243 e. The van der Waals surface area contributed by atoms with E-state index in [-0.39, 0.29) is 21.9 Å². The van der Waals surface area contributed by atoms with Crippen LogP contribution in [-0.4, -0.2) is 26.2 Å². The summed E-state index contributed by atoms with van der Waals surface area (Å²) in [6.45, 7) is 0.172. The van der Waals surface area contributed by atoms with Crippen molar-refractivity contribution in [2.45, 2.75) is 36.6 Å². The topological polar surface area (TPSA) is 66.4 Å². The van der Waals surface area contributed by atoms with E-state index in [0.717, 1.165) is 37.0 Å². The number of hydrogen-bond acceptors (Lipinski definition) is 4. The van der Waals surface area contributed by atoms with Crippen molar-refractivity contribution in [1.82, 2.24) is 4.72 Å². The van der Waals surface area contributed by atoms with Crippen molar-refractivity contribution in [3.8, 4) is 0 Å². The van der Waals surface area contributed by atoms with Crippen LogP contribution in [0.4, 0.5) is 0 Å². The Labute approximate surface area is 126 Å². The van der Waals surface area contributed by atoms with Gasteiger partial charge in [-0.1, -0.05) is 23.2 Å². The molecule has 0 aromatic carbocycles. The van der Waals surface area contributed by atoms with Crippen molar-refractivity contribution in [3.63, 3.8) is 0 Å². The van der Waals surface area contributed by atoms with Crippen molar-refractivity contribution >= 4 is 44.6 Å². The maximum absolute atomic E-state index is 12.2. The lowest BCUT2D eigenvalue weighted by Crippen LogP contribution is -2.38. The molecule has 0 aliphatic heterocycles. The maximum Gasteiger partial charge on any atom is 0.243 e. The molecule has 0 atom stereocenters. The molecule has 0 spiro atoms. The molecule has 0 saturated heterocycles. The van der Waals surface area contributed by atoms with Gasteiger partial charge in [0.15, 0.2) is 0 Å². The molecule has 8 heteroatoms. The third kappa shape index (κ3) is 3.83. The average Bonchev–Trinajstić information content (AvgIpc) is 2.70. The summed E-state index contributed by atoms with van der Waals surface area (Å²) in [6.07, 6.45) is 3.14. The van der Waals surface area contributed by atoms with Crippen molar-refractivity contribution < 1.29 is 13.5 Å². The highest BCUT2D eigenvalue weighted by atomic mass is 35.5. The van der Waals surface area contributed by atoms with Gasteiger partial charge in [-0.05, 0) is 37.7 Å². The standard InChI is InChI=1S/C11H15Cl2NO3S2/c12-10-5-9(11(13)18-10)19(16,17)14-8-3-1-7(6-15)2-4-8/h5,7-8,14-15H,1-4,6H2. The molecule has 2 N–H and O–H groups in total. The molecule has 1 aliphatic carbocycles. The van der Waals surface area contributed by atoms with Gasteiger partial charge in [-0.2, -0.15) is 0 Å². The Morgan fingerprint density at radius 1 is 1.32 bits per heavy atom. The zero-order valence-corrected chi connectivity index (χ0v) is 13.2. The number of sulfonamides is 1. The van der Waals surface area contributed by atoms with Crippen LogP contribution in [0.1, 0.15) is 25.7 Å². The lowest BCUT2D eigenvalue weighted by molar-refractivity contribution is 0.180. The molecular weight excluding hydrogens is 329 g/mol. The zero-order chi connectivity index (χ0) is 14.0. The van der Waals surface area contributed by atoms with Gasteiger partial charge in [-0.25, -0.2) is 13.1 Å². The van der Waals surface area contributed by atoms with Crippen LogP contribution in [0, 0.1) is 5.92 Å². The highest BCUT2D eigenvalue weighted by Gasteiger charge is 2.27. The third-order valence-electron chi connectivity index (χ3n) is 3.34. The first-order valence-electron chi connectivity index (χ1n) is 6.00. The summed E-state index contributed by atoms with van der Waals surface area (Å²) in [6, 6.07) is 1.28. The number of halogens is 2. The fraction of sp³-hybridized carbons (Fsp3) is 0.636. The van der Waals surface area contributed by atoms with Gasteiger partial charge in [-0.3, -0.25) is 0 Å². The Morgan fingerprint density at radius 2 is 1.95 bits per heavy atom. The van der Waals surface area contributed by atoms with Crippen LogP contribution in [0.3, 0.4) is 0 Å². The molecule has 4 nitrogen and oxygen atoms in total. The van der Waals surface area contributed by atoms with Gasteiger partial charge >= 0.3 is 0 Å². The van der Waals surface area contributed by atoms with Crippen molar-refractivity contribution in [3.05, 3.63) is 14.7 Å². The van der Waals surface area contributed by atoms with Gasteiger partial charge in [0.2, 0.25) is 10.0 Å². The summed E-state index contributed by atoms with van der Waals surface area (Å²) < 4.78 is 27.6.